The summed E-state index contributed by atoms with van der Waals surface area (Å²) in [5.74, 6) is -0.569. The summed E-state index contributed by atoms with van der Waals surface area (Å²) >= 11 is 9.61. The molecule has 0 saturated heterocycles. The van der Waals surface area contributed by atoms with Gasteiger partial charge in [-0.1, -0.05) is 45.7 Å². The van der Waals surface area contributed by atoms with Crippen LogP contribution in [0.1, 0.15) is 21.5 Å². The maximum absolute atomic E-state index is 13.4. The molecule has 1 unspecified atom stereocenters. The van der Waals surface area contributed by atoms with E-state index in [0.717, 1.165) is 11.1 Å². The Balaban J connectivity index is 2.22. The van der Waals surface area contributed by atoms with Gasteiger partial charge in [0.15, 0.2) is 0 Å². The second-order valence-electron chi connectivity index (χ2n) is 4.42. The topological polar surface area (TPSA) is 0 Å². The fourth-order valence-corrected chi connectivity index (χ4v) is 3.02. The molecule has 0 saturated carbocycles. The van der Waals surface area contributed by atoms with Gasteiger partial charge in [-0.05, 0) is 48.2 Å². The standard InChI is InChI=1S/C15H12BrClF2/c1-9-6-12(14(17)8-15(9)19)13(16)7-10-2-4-11(18)5-3-10/h2-6,8,13H,7H2,1H3. The summed E-state index contributed by atoms with van der Waals surface area (Å²) in [5, 5.41) is 0.395. The minimum atomic E-state index is -0.310. The van der Waals surface area contributed by atoms with Gasteiger partial charge < -0.3 is 0 Å². The van der Waals surface area contributed by atoms with Crippen molar-refractivity contribution in [1.82, 2.24) is 0 Å². The summed E-state index contributed by atoms with van der Waals surface area (Å²) in [7, 11) is 0. The van der Waals surface area contributed by atoms with Gasteiger partial charge in [0.05, 0.1) is 0 Å². The lowest BCUT2D eigenvalue weighted by Crippen LogP contribution is -1.98. The van der Waals surface area contributed by atoms with Gasteiger partial charge in [-0.3, -0.25) is 0 Å². The summed E-state index contributed by atoms with van der Waals surface area (Å²) in [6.45, 7) is 1.70. The average molecular weight is 346 g/mol. The third-order valence-corrected chi connectivity index (χ3v) is 4.09. The molecule has 1 atom stereocenters. The molecule has 0 spiro atoms. The van der Waals surface area contributed by atoms with E-state index in [0.29, 0.717) is 17.0 Å². The van der Waals surface area contributed by atoms with Crippen molar-refractivity contribution < 1.29 is 8.78 Å². The molecule has 2 aromatic carbocycles. The fourth-order valence-electron chi connectivity index (χ4n) is 1.86. The molecule has 0 aliphatic heterocycles. The monoisotopic (exact) mass is 344 g/mol. The van der Waals surface area contributed by atoms with Gasteiger partial charge in [0.25, 0.3) is 0 Å². The van der Waals surface area contributed by atoms with E-state index in [1.807, 2.05) is 0 Å². The fraction of sp³-hybridized carbons (Fsp3) is 0.200. The molecule has 0 N–H and O–H groups in total. The molecule has 0 bridgehead atoms. The molecule has 0 aliphatic carbocycles. The van der Waals surface area contributed by atoms with E-state index in [1.54, 1.807) is 25.1 Å². The molecule has 2 rings (SSSR count). The van der Waals surface area contributed by atoms with Crippen molar-refractivity contribution in [3.05, 3.63) is 69.7 Å². The number of alkyl halides is 1. The predicted molar refractivity (Wildman–Crippen MR) is 77.9 cm³/mol. The molecule has 0 aliphatic rings. The van der Waals surface area contributed by atoms with E-state index < -0.39 is 0 Å². The van der Waals surface area contributed by atoms with Crippen LogP contribution in [0.25, 0.3) is 0 Å². The van der Waals surface area contributed by atoms with Gasteiger partial charge in [0.1, 0.15) is 11.6 Å². The summed E-state index contributed by atoms with van der Waals surface area (Å²) in [4.78, 5) is -0.0373. The van der Waals surface area contributed by atoms with Crippen LogP contribution in [0.15, 0.2) is 36.4 Å². The Labute approximate surface area is 124 Å². The predicted octanol–water partition coefficient (Wildman–Crippen LogP) is 5.61. The normalized spacial score (nSPS) is 12.5. The largest absolute Gasteiger partial charge is 0.207 e. The third-order valence-electron chi connectivity index (χ3n) is 2.94. The Hall–Kier alpha value is -0.930. The van der Waals surface area contributed by atoms with Gasteiger partial charge in [-0.25, -0.2) is 8.78 Å². The van der Waals surface area contributed by atoms with Crippen molar-refractivity contribution >= 4 is 27.5 Å². The first-order valence-electron chi connectivity index (χ1n) is 5.81. The number of halogens is 4. The van der Waals surface area contributed by atoms with E-state index >= 15 is 0 Å². The Bertz CT molecular complexity index is 581. The third kappa shape index (κ3) is 3.54. The summed E-state index contributed by atoms with van der Waals surface area (Å²) in [5.41, 5.74) is 2.38. The van der Waals surface area contributed by atoms with Crippen LogP contribution in [0.2, 0.25) is 5.02 Å². The zero-order chi connectivity index (χ0) is 14.0. The van der Waals surface area contributed by atoms with Crippen molar-refractivity contribution in [3.63, 3.8) is 0 Å². The Morgan fingerprint density at radius 3 is 2.42 bits per heavy atom. The van der Waals surface area contributed by atoms with Crippen molar-refractivity contribution in [2.75, 3.05) is 0 Å². The molecular weight excluding hydrogens is 334 g/mol. The number of benzene rings is 2. The first kappa shape index (κ1) is 14.5. The highest BCUT2D eigenvalue weighted by Crippen LogP contribution is 2.33. The highest BCUT2D eigenvalue weighted by molar-refractivity contribution is 9.09. The number of hydrogen-bond acceptors (Lipinski definition) is 0. The van der Waals surface area contributed by atoms with Crippen LogP contribution in [0.4, 0.5) is 8.78 Å². The molecule has 0 aromatic heterocycles. The van der Waals surface area contributed by atoms with Gasteiger partial charge in [0.2, 0.25) is 0 Å². The van der Waals surface area contributed by atoms with E-state index in [9.17, 15) is 8.78 Å². The molecule has 100 valence electrons. The second-order valence-corrected chi connectivity index (χ2v) is 5.93. The lowest BCUT2D eigenvalue weighted by molar-refractivity contribution is 0.617. The molecule has 4 heteroatoms. The van der Waals surface area contributed by atoms with Crippen molar-refractivity contribution in [1.29, 1.82) is 0 Å². The Morgan fingerprint density at radius 1 is 1.16 bits per heavy atom. The molecule has 0 heterocycles. The van der Waals surface area contributed by atoms with Crippen molar-refractivity contribution in [2.24, 2.45) is 0 Å². The van der Waals surface area contributed by atoms with E-state index in [4.69, 9.17) is 11.6 Å². The average Bonchev–Trinajstić information content (AvgIpc) is 2.36. The SMILES string of the molecule is Cc1cc(C(Br)Cc2ccc(F)cc2)c(Cl)cc1F. The van der Waals surface area contributed by atoms with Crippen LogP contribution in [-0.4, -0.2) is 0 Å². The number of aryl methyl sites for hydroxylation is 1. The smallest absolute Gasteiger partial charge is 0.127 e. The first-order chi connectivity index (χ1) is 8.97. The molecule has 0 amide bonds. The van der Waals surface area contributed by atoms with E-state index in [2.05, 4.69) is 15.9 Å². The maximum Gasteiger partial charge on any atom is 0.127 e. The van der Waals surface area contributed by atoms with Gasteiger partial charge in [0, 0.05) is 9.85 Å². The van der Waals surface area contributed by atoms with Crippen molar-refractivity contribution in [2.45, 2.75) is 18.2 Å². The Morgan fingerprint density at radius 2 is 1.79 bits per heavy atom. The summed E-state index contributed by atoms with van der Waals surface area (Å²) < 4.78 is 26.2. The zero-order valence-electron chi connectivity index (χ0n) is 10.3. The molecule has 0 fully saturated rings. The highest BCUT2D eigenvalue weighted by atomic mass is 79.9. The molecular formula is C15H12BrClF2. The second kappa shape index (κ2) is 6.02. The van der Waals surface area contributed by atoms with Crippen molar-refractivity contribution in [3.8, 4) is 0 Å². The minimum absolute atomic E-state index is 0.0373. The maximum atomic E-state index is 13.4. The van der Waals surface area contributed by atoms with Gasteiger partial charge >= 0.3 is 0 Å². The highest BCUT2D eigenvalue weighted by Gasteiger charge is 2.14. The van der Waals surface area contributed by atoms with Crippen LogP contribution >= 0.6 is 27.5 Å². The zero-order valence-corrected chi connectivity index (χ0v) is 12.6. The van der Waals surface area contributed by atoms with Crippen LogP contribution in [0, 0.1) is 18.6 Å². The lowest BCUT2D eigenvalue weighted by atomic mass is 10.0. The molecule has 2 aromatic rings. The summed E-state index contributed by atoms with van der Waals surface area (Å²) in [6, 6.07) is 9.37. The van der Waals surface area contributed by atoms with Gasteiger partial charge in [-0.15, -0.1) is 0 Å². The van der Waals surface area contributed by atoms with E-state index in [-0.39, 0.29) is 16.5 Å². The van der Waals surface area contributed by atoms with E-state index in [1.165, 1.54) is 18.2 Å². The first-order valence-corrected chi connectivity index (χ1v) is 7.11. The quantitative estimate of drug-likeness (QED) is 0.635. The molecule has 0 nitrogen and oxygen atoms in total. The van der Waals surface area contributed by atoms with Crippen LogP contribution in [0.3, 0.4) is 0 Å². The van der Waals surface area contributed by atoms with Crippen LogP contribution in [0.5, 0.6) is 0 Å². The number of rotatable bonds is 3. The van der Waals surface area contributed by atoms with Crippen LogP contribution < -0.4 is 0 Å². The minimum Gasteiger partial charge on any atom is -0.207 e. The summed E-state index contributed by atoms with van der Waals surface area (Å²) in [6.07, 6.45) is 0.658. The van der Waals surface area contributed by atoms with Crippen LogP contribution in [-0.2, 0) is 6.42 Å². The number of hydrogen-bond donors (Lipinski definition) is 0. The lowest BCUT2D eigenvalue weighted by Gasteiger charge is -2.13. The molecule has 19 heavy (non-hydrogen) atoms. The molecule has 0 radical (unpaired) electrons. The van der Waals surface area contributed by atoms with Gasteiger partial charge in [-0.2, -0.15) is 0 Å². The Kier molecular flexibility index (Phi) is 4.58.